The first-order chi connectivity index (χ1) is 9.92. The molecule has 0 aliphatic carbocycles. The topological polar surface area (TPSA) is 83.9 Å². The minimum atomic E-state index is -3.39. The van der Waals surface area contributed by atoms with Crippen LogP contribution in [-0.4, -0.2) is 49.8 Å². The highest BCUT2D eigenvalue weighted by Gasteiger charge is 2.17. The van der Waals surface area contributed by atoms with Crippen molar-refractivity contribution >= 4 is 16.0 Å². The summed E-state index contributed by atoms with van der Waals surface area (Å²) < 4.78 is 30.5. The second kappa shape index (κ2) is 8.63. The van der Waals surface area contributed by atoms with E-state index in [1.54, 1.807) is 0 Å². The summed E-state index contributed by atoms with van der Waals surface area (Å²) >= 11 is 0. The molecule has 1 aromatic carbocycles. The van der Waals surface area contributed by atoms with Crippen LogP contribution in [0.1, 0.15) is 19.3 Å². The van der Waals surface area contributed by atoms with Crippen LogP contribution in [0.4, 0.5) is 0 Å². The summed E-state index contributed by atoms with van der Waals surface area (Å²) in [4.78, 5) is 10.4. The number of hydrogen-bond donors (Lipinski definition) is 1. The van der Waals surface area contributed by atoms with E-state index in [1.807, 2.05) is 30.3 Å². The lowest BCUT2D eigenvalue weighted by Gasteiger charge is -2.17. The fraction of sp³-hybridized carbons (Fsp3) is 0.500. The van der Waals surface area contributed by atoms with Gasteiger partial charge in [0.15, 0.2) is 0 Å². The summed E-state index contributed by atoms with van der Waals surface area (Å²) in [6.45, 7) is 0.779. The molecule has 0 saturated carbocycles. The maximum atomic E-state index is 11.9. The van der Waals surface area contributed by atoms with Crippen molar-refractivity contribution in [1.82, 2.24) is 4.31 Å². The van der Waals surface area contributed by atoms with Gasteiger partial charge in [0.2, 0.25) is 10.0 Å². The van der Waals surface area contributed by atoms with Gasteiger partial charge in [0, 0.05) is 20.0 Å². The molecule has 0 amide bonds. The van der Waals surface area contributed by atoms with Gasteiger partial charge in [-0.1, -0.05) is 18.2 Å². The summed E-state index contributed by atoms with van der Waals surface area (Å²) in [6, 6.07) is 9.31. The van der Waals surface area contributed by atoms with Crippen molar-refractivity contribution in [2.45, 2.75) is 19.3 Å². The van der Waals surface area contributed by atoms with Crippen LogP contribution in [0.15, 0.2) is 30.3 Å². The number of ether oxygens (including phenoxy) is 1. The van der Waals surface area contributed by atoms with Crippen molar-refractivity contribution in [2.75, 3.05) is 26.0 Å². The fourth-order valence-electron chi connectivity index (χ4n) is 1.69. The molecular formula is C14H21NO5S. The van der Waals surface area contributed by atoms with Gasteiger partial charge in [-0.15, -0.1) is 0 Å². The molecule has 0 heterocycles. The molecule has 0 saturated heterocycles. The average Bonchev–Trinajstić information content (AvgIpc) is 2.43. The Morgan fingerprint density at radius 3 is 2.52 bits per heavy atom. The third-order valence-electron chi connectivity index (χ3n) is 2.90. The molecule has 7 heteroatoms. The standard InChI is InChI=1S/C14H21NO5S/c1-15(21(18,19)12-5-9-14(16)17)10-6-11-20-13-7-3-2-4-8-13/h2-4,7-8H,5-6,9-12H2,1H3,(H,16,17). The Bertz CT molecular complexity index is 530. The maximum Gasteiger partial charge on any atom is 0.303 e. The number of carboxylic acids is 1. The molecule has 0 aliphatic rings. The van der Waals surface area contributed by atoms with E-state index < -0.39 is 16.0 Å². The molecule has 0 radical (unpaired) electrons. The molecule has 0 spiro atoms. The largest absolute Gasteiger partial charge is 0.494 e. The molecule has 0 aromatic heterocycles. The van der Waals surface area contributed by atoms with E-state index >= 15 is 0 Å². The number of hydrogen-bond acceptors (Lipinski definition) is 4. The SMILES string of the molecule is CN(CCCOc1ccccc1)S(=O)(=O)CCCC(=O)O. The third kappa shape index (κ3) is 7.10. The molecule has 0 atom stereocenters. The quantitative estimate of drug-likeness (QED) is 0.663. The molecule has 6 nitrogen and oxygen atoms in total. The highest BCUT2D eigenvalue weighted by atomic mass is 32.2. The number of rotatable bonds is 10. The predicted molar refractivity (Wildman–Crippen MR) is 79.8 cm³/mol. The van der Waals surface area contributed by atoms with Gasteiger partial charge < -0.3 is 9.84 Å². The Labute approximate surface area is 125 Å². The number of carboxylic acid groups (broad SMARTS) is 1. The summed E-state index contributed by atoms with van der Waals surface area (Å²) in [7, 11) is -1.89. The van der Waals surface area contributed by atoms with E-state index in [-0.39, 0.29) is 18.6 Å². The van der Waals surface area contributed by atoms with Gasteiger partial charge >= 0.3 is 5.97 Å². The van der Waals surface area contributed by atoms with E-state index in [0.29, 0.717) is 19.6 Å². The van der Waals surface area contributed by atoms with Gasteiger partial charge in [0.25, 0.3) is 0 Å². The highest BCUT2D eigenvalue weighted by Crippen LogP contribution is 2.09. The Kier molecular flexibility index (Phi) is 7.18. The van der Waals surface area contributed by atoms with E-state index in [2.05, 4.69) is 0 Å². The van der Waals surface area contributed by atoms with E-state index in [4.69, 9.17) is 9.84 Å². The molecule has 1 N–H and O–H groups in total. The highest BCUT2D eigenvalue weighted by molar-refractivity contribution is 7.89. The third-order valence-corrected chi connectivity index (χ3v) is 4.83. The molecule has 118 valence electrons. The molecule has 0 bridgehead atoms. The number of nitrogens with zero attached hydrogens (tertiary/aromatic N) is 1. The zero-order valence-electron chi connectivity index (χ0n) is 12.1. The first-order valence-electron chi connectivity index (χ1n) is 6.75. The monoisotopic (exact) mass is 315 g/mol. The summed E-state index contributed by atoms with van der Waals surface area (Å²) in [5.41, 5.74) is 0. The fourth-order valence-corrected chi connectivity index (χ4v) is 2.92. The Hall–Kier alpha value is -1.60. The molecule has 0 fully saturated rings. The van der Waals surface area contributed by atoms with Gasteiger partial charge in [0.05, 0.1) is 12.4 Å². The number of sulfonamides is 1. The van der Waals surface area contributed by atoms with Crippen molar-refractivity contribution in [3.8, 4) is 5.75 Å². The van der Waals surface area contributed by atoms with Gasteiger partial charge in [-0.3, -0.25) is 4.79 Å². The maximum absolute atomic E-state index is 11.9. The zero-order valence-corrected chi connectivity index (χ0v) is 12.9. The number of carbonyl (C=O) groups is 1. The van der Waals surface area contributed by atoms with Crippen molar-refractivity contribution < 1.29 is 23.1 Å². The lowest BCUT2D eigenvalue weighted by Crippen LogP contribution is -2.31. The lowest BCUT2D eigenvalue weighted by molar-refractivity contribution is -0.137. The lowest BCUT2D eigenvalue weighted by atomic mass is 10.3. The summed E-state index contributed by atoms with van der Waals surface area (Å²) in [6.07, 6.45) is 0.566. The van der Waals surface area contributed by atoms with Crippen molar-refractivity contribution in [3.05, 3.63) is 30.3 Å². The van der Waals surface area contributed by atoms with Crippen LogP contribution in [0.2, 0.25) is 0 Å². The van der Waals surface area contributed by atoms with Crippen molar-refractivity contribution in [2.24, 2.45) is 0 Å². The van der Waals surface area contributed by atoms with E-state index in [1.165, 1.54) is 11.4 Å². The normalized spacial score (nSPS) is 11.5. The van der Waals surface area contributed by atoms with Crippen LogP contribution < -0.4 is 4.74 Å². The number of aliphatic carboxylic acids is 1. The van der Waals surface area contributed by atoms with Crippen LogP contribution >= 0.6 is 0 Å². The first-order valence-corrected chi connectivity index (χ1v) is 8.36. The van der Waals surface area contributed by atoms with Gasteiger partial charge in [-0.2, -0.15) is 0 Å². The van der Waals surface area contributed by atoms with Crippen LogP contribution in [0.5, 0.6) is 5.75 Å². The molecule has 0 unspecified atom stereocenters. The predicted octanol–water partition coefficient (Wildman–Crippen LogP) is 1.58. The minimum Gasteiger partial charge on any atom is -0.494 e. The smallest absolute Gasteiger partial charge is 0.303 e. The van der Waals surface area contributed by atoms with Crippen molar-refractivity contribution in [1.29, 1.82) is 0 Å². The Morgan fingerprint density at radius 1 is 1.24 bits per heavy atom. The van der Waals surface area contributed by atoms with Crippen LogP contribution in [0.25, 0.3) is 0 Å². The van der Waals surface area contributed by atoms with Crippen molar-refractivity contribution in [3.63, 3.8) is 0 Å². The van der Waals surface area contributed by atoms with E-state index in [9.17, 15) is 13.2 Å². The molecular weight excluding hydrogens is 294 g/mol. The van der Waals surface area contributed by atoms with Crippen LogP contribution in [0, 0.1) is 0 Å². The molecule has 0 aliphatic heterocycles. The summed E-state index contributed by atoms with van der Waals surface area (Å²) in [5.74, 6) is -0.372. The van der Waals surface area contributed by atoms with E-state index in [0.717, 1.165) is 5.75 Å². The number of benzene rings is 1. The summed E-state index contributed by atoms with van der Waals surface area (Å²) in [5, 5.41) is 8.51. The number of para-hydroxylation sites is 1. The zero-order chi connectivity index (χ0) is 15.7. The molecule has 1 rings (SSSR count). The second-order valence-electron chi connectivity index (χ2n) is 4.65. The Balaban J connectivity index is 2.25. The minimum absolute atomic E-state index is 0.128. The van der Waals surface area contributed by atoms with Gasteiger partial charge in [0.1, 0.15) is 5.75 Å². The molecule has 21 heavy (non-hydrogen) atoms. The molecule has 1 aromatic rings. The van der Waals surface area contributed by atoms with Crippen LogP contribution in [-0.2, 0) is 14.8 Å². The van der Waals surface area contributed by atoms with Gasteiger partial charge in [-0.25, -0.2) is 12.7 Å². The second-order valence-corrected chi connectivity index (χ2v) is 6.85. The average molecular weight is 315 g/mol. The first kappa shape index (κ1) is 17.5. The van der Waals surface area contributed by atoms with Gasteiger partial charge in [-0.05, 0) is 25.0 Å². The van der Waals surface area contributed by atoms with Crippen LogP contribution in [0.3, 0.4) is 0 Å². The Morgan fingerprint density at radius 2 is 1.90 bits per heavy atom.